The summed E-state index contributed by atoms with van der Waals surface area (Å²) >= 11 is 1.46. The molecule has 1 aromatic heterocycles. The number of ether oxygens (including phenoxy) is 1. The summed E-state index contributed by atoms with van der Waals surface area (Å²) in [5, 5.41) is 17.8. The van der Waals surface area contributed by atoms with E-state index in [2.05, 4.69) is 10.1 Å². The molecular weight excluding hydrogens is 376 g/mol. The third-order valence-electron chi connectivity index (χ3n) is 3.94. The minimum Gasteiger partial charge on any atom is -0.382 e. The van der Waals surface area contributed by atoms with Gasteiger partial charge in [-0.3, -0.25) is 15.1 Å². The van der Waals surface area contributed by atoms with E-state index < -0.39 is 4.92 Å². The van der Waals surface area contributed by atoms with Crippen LogP contribution >= 0.6 is 11.3 Å². The summed E-state index contributed by atoms with van der Waals surface area (Å²) in [6.07, 6.45) is 1.50. The molecule has 2 aromatic carbocycles. The number of para-hydroxylation sites is 1. The van der Waals surface area contributed by atoms with Gasteiger partial charge in [0.1, 0.15) is 0 Å². The van der Waals surface area contributed by atoms with Crippen LogP contribution < -0.4 is 4.80 Å². The SMILES string of the molecule is COCC(C)N=c1scc(-c2ccccc2)n1N=Cc1ccccc1[N+](=O)[O-]. The molecule has 144 valence electrons. The Kier molecular flexibility index (Phi) is 6.46. The van der Waals surface area contributed by atoms with Crippen LogP contribution in [0.25, 0.3) is 11.3 Å². The second-order valence-electron chi connectivity index (χ2n) is 6.08. The van der Waals surface area contributed by atoms with E-state index in [1.54, 1.807) is 30.0 Å². The lowest BCUT2D eigenvalue weighted by atomic mass is 10.2. The lowest BCUT2D eigenvalue weighted by Gasteiger charge is -2.06. The molecule has 0 fully saturated rings. The Bertz CT molecular complexity index is 1040. The second kappa shape index (κ2) is 9.20. The van der Waals surface area contributed by atoms with Gasteiger partial charge in [-0.05, 0) is 13.0 Å². The third-order valence-corrected chi connectivity index (χ3v) is 4.77. The Morgan fingerprint density at radius 3 is 2.64 bits per heavy atom. The largest absolute Gasteiger partial charge is 0.382 e. The van der Waals surface area contributed by atoms with E-state index in [-0.39, 0.29) is 11.7 Å². The van der Waals surface area contributed by atoms with E-state index in [0.717, 1.165) is 11.3 Å². The van der Waals surface area contributed by atoms with Crippen molar-refractivity contribution < 1.29 is 9.66 Å². The van der Waals surface area contributed by atoms with E-state index in [0.29, 0.717) is 17.0 Å². The van der Waals surface area contributed by atoms with Gasteiger partial charge in [0.05, 0.1) is 35.0 Å². The number of nitro benzene ring substituents is 1. The maximum absolute atomic E-state index is 11.3. The number of benzene rings is 2. The van der Waals surface area contributed by atoms with Crippen molar-refractivity contribution in [3.8, 4) is 11.3 Å². The van der Waals surface area contributed by atoms with Crippen LogP contribution in [0.5, 0.6) is 0 Å². The van der Waals surface area contributed by atoms with Crippen LogP contribution in [0.4, 0.5) is 5.69 Å². The highest BCUT2D eigenvalue weighted by atomic mass is 32.1. The smallest absolute Gasteiger partial charge is 0.278 e. The minimum absolute atomic E-state index is 0.00887. The molecule has 7 nitrogen and oxygen atoms in total. The zero-order valence-corrected chi connectivity index (χ0v) is 16.4. The van der Waals surface area contributed by atoms with Crippen molar-refractivity contribution in [2.24, 2.45) is 10.1 Å². The predicted molar refractivity (Wildman–Crippen MR) is 111 cm³/mol. The van der Waals surface area contributed by atoms with Crippen molar-refractivity contribution in [2.45, 2.75) is 13.0 Å². The normalized spacial score (nSPS) is 13.1. The fourth-order valence-electron chi connectivity index (χ4n) is 2.66. The number of thiazole rings is 1. The van der Waals surface area contributed by atoms with E-state index >= 15 is 0 Å². The monoisotopic (exact) mass is 396 g/mol. The van der Waals surface area contributed by atoms with Crippen LogP contribution in [0.15, 0.2) is 70.1 Å². The fourth-order valence-corrected chi connectivity index (χ4v) is 3.60. The lowest BCUT2D eigenvalue weighted by molar-refractivity contribution is -0.385. The average Bonchev–Trinajstić information content (AvgIpc) is 3.09. The second-order valence-corrected chi connectivity index (χ2v) is 6.91. The lowest BCUT2D eigenvalue weighted by Crippen LogP contribution is -2.18. The number of aromatic nitrogens is 1. The molecule has 3 aromatic rings. The molecule has 0 saturated heterocycles. The number of nitro groups is 1. The molecule has 8 heteroatoms. The molecule has 0 aliphatic rings. The summed E-state index contributed by atoms with van der Waals surface area (Å²) < 4.78 is 6.88. The highest BCUT2D eigenvalue weighted by Gasteiger charge is 2.12. The number of hydrogen-bond donors (Lipinski definition) is 0. The van der Waals surface area contributed by atoms with Crippen molar-refractivity contribution in [3.05, 3.63) is 80.5 Å². The van der Waals surface area contributed by atoms with Crippen LogP contribution in [0.3, 0.4) is 0 Å². The van der Waals surface area contributed by atoms with Gasteiger partial charge in [-0.15, -0.1) is 11.3 Å². The molecule has 0 N–H and O–H groups in total. The Balaban J connectivity index is 2.10. The first-order valence-corrected chi connectivity index (χ1v) is 9.54. The van der Waals surface area contributed by atoms with Crippen LogP contribution in [-0.4, -0.2) is 35.6 Å². The third kappa shape index (κ3) is 4.59. The molecule has 0 aliphatic carbocycles. The van der Waals surface area contributed by atoms with E-state index in [4.69, 9.17) is 4.74 Å². The molecule has 1 atom stereocenters. The van der Waals surface area contributed by atoms with Crippen molar-refractivity contribution in [3.63, 3.8) is 0 Å². The summed E-state index contributed by atoms with van der Waals surface area (Å²) in [6.45, 7) is 2.45. The topological polar surface area (TPSA) is 82.0 Å². The molecule has 3 rings (SSSR count). The zero-order chi connectivity index (χ0) is 19.9. The molecule has 0 radical (unpaired) electrons. The highest BCUT2D eigenvalue weighted by molar-refractivity contribution is 7.07. The quantitative estimate of drug-likeness (QED) is 0.344. The summed E-state index contributed by atoms with van der Waals surface area (Å²) in [5.41, 5.74) is 2.29. The molecule has 1 heterocycles. The first-order chi connectivity index (χ1) is 13.6. The summed E-state index contributed by atoms with van der Waals surface area (Å²) in [7, 11) is 1.64. The van der Waals surface area contributed by atoms with E-state index in [1.165, 1.54) is 23.6 Å². The van der Waals surface area contributed by atoms with Crippen LogP contribution in [0, 0.1) is 10.1 Å². The van der Waals surface area contributed by atoms with Gasteiger partial charge in [-0.2, -0.15) is 5.10 Å². The van der Waals surface area contributed by atoms with Crippen LogP contribution in [0.1, 0.15) is 12.5 Å². The number of methoxy groups -OCH3 is 1. The number of nitrogens with zero attached hydrogens (tertiary/aromatic N) is 4. The maximum Gasteiger partial charge on any atom is 0.278 e. The molecule has 0 bridgehead atoms. The fraction of sp³-hybridized carbons (Fsp3) is 0.200. The van der Waals surface area contributed by atoms with Gasteiger partial charge in [-0.25, -0.2) is 4.68 Å². The van der Waals surface area contributed by atoms with Gasteiger partial charge in [0.2, 0.25) is 4.80 Å². The van der Waals surface area contributed by atoms with Gasteiger partial charge in [0, 0.05) is 24.1 Å². The Hall–Kier alpha value is -3.10. The molecule has 0 spiro atoms. The van der Waals surface area contributed by atoms with Gasteiger partial charge in [0.25, 0.3) is 5.69 Å². The Morgan fingerprint density at radius 1 is 1.21 bits per heavy atom. The van der Waals surface area contributed by atoms with Crippen molar-refractivity contribution in [1.29, 1.82) is 0 Å². The molecular formula is C20H20N4O3S. The molecule has 28 heavy (non-hydrogen) atoms. The summed E-state index contributed by atoms with van der Waals surface area (Å²) in [5.74, 6) is 0. The summed E-state index contributed by atoms with van der Waals surface area (Å²) in [4.78, 5) is 16.2. The van der Waals surface area contributed by atoms with Crippen molar-refractivity contribution in [2.75, 3.05) is 13.7 Å². The Morgan fingerprint density at radius 2 is 1.93 bits per heavy atom. The van der Waals surface area contributed by atoms with Gasteiger partial charge in [-0.1, -0.05) is 42.5 Å². The van der Waals surface area contributed by atoms with Crippen molar-refractivity contribution in [1.82, 2.24) is 4.68 Å². The average molecular weight is 396 g/mol. The molecule has 1 unspecified atom stereocenters. The van der Waals surface area contributed by atoms with Gasteiger partial charge >= 0.3 is 0 Å². The van der Waals surface area contributed by atoms with Crippen molar-refractivity contribution >= 4 is 23.2 Å². The van der Waals surface area contributed by atoms with Crippen LogP contribution in [0.2, 0.25) is 0 Å². The van der Waals surface area contributed by atoms with Crippen LogP contribution in [-0.2, 0) is 4.74 Å². The van der Waals surface area contributed by atoms with E-state index in [9.17, 15) is 10.1 Å². The molecule has 0 aliphatic heterocycles. The van der Waals surface area contributed by atoms with Gasteiger partial charge < -0.3 is 4.74 Å². The number of rotatable bonds is 7. The molecule has 0 saturated carbocycles. The first kappa shape index (κ1) is 19.7. The Labute approximate surface area is 166 Å². The van der Waals surface area contributed by atoms with E-state index in [1.807, 2.05) is 42.6 Å². The number of hydrogen-bond acceptors (Lipinski definition) is 6. The minimum atomic E-state index is -0.413. The summed E-state index contributed by atoms with van der Waals surface area (Å²) in [6, 6.07) is 16.3. The molecule has 0 amide bonds. The highest BCUT2D eigenvalue weighted by Crippen LogP contribution is 2.20. The predicted octanol–water partition coefficient (Wildman–Crippen LogP) is 3.94. The zero-order valence-electron chi connectivity index (χ0n) is 15.6. The maximum atomic E-state index is 11.3. The van der Waals surface area contributed by atoms with Gasteiger partial charge in [0.15, 0.2) is 0 Å². The standard InChI is InChI=1S/C20H20N4O3S/c1-15(13-27-2)22-20-23(19(14-28-20)16-8-4-3-5-9-16)21-12-17-10-6-7-11-18(17)24(25)26/h3-12,14-15H,13H2,1-2H3. The first-order valence-electron chi connectivity index (χ1n) is 8.66.